The van der Waals surface area contributed by atoms with E-state index in [0.717, 1.165) is 33.0 Å². The Balaban J connectivity index is 2.21. The highest BCUT2D eigenvalue weighted by atomic mass is 16.3. The predicted molar refractivity (Wildman–Crippen MR) is 96.0 cm³/mol. The van der Waals surface area contributed by atoms with E-state index in [-0.39, 0.29) is 0 Å². The number of furan rings is 1. The van der Waals surface area contributed by atoms with Crippen LogP contribution in [-0.2, 0) is 0 Å². The van der Waals surface area contributed by atoms with Crippen molar-refractivity contribution in [1.82, 2.24) is 4.98 Å². The second-order valence-corrected chi connectivity index (χ2v) is 6.14. The zero-order valence-corrected chi connectivity index (χ0v) is 13.1. The van der Waals surface area contributed by atoms with Crippen molar-refractivity contribution in [2.24, 2.45) is 0 Å². The number of hydrogen-bond donors (Lipinski definition) is 0. The quantitative estimate of drug-likeness (QED) is 0.332. The van der Waals surface area contributed by atoms with E-state index in [2.05, 4.69) is 62.4 Å². The summed E-state index contributed by atoms with van der Waals surface area (Å²) < 4.78 is 6.32. The summed E-state index contributed by atoms with van der Waals surface area (Å²) in [5, 5.41) is 5.95. The van der Waals surface area contributed by atoms with Gasteiger partial charge in [-0.2, -0.15) is 0 Å². The first-order chi connectivity index (χ1) is 11.3. The summed E-state index contributed by atoms with van der Waals surface area (Å²) in [6.07, 6.45) is 1.94. The summed E-state index contributed by atoms with van der Waals surface area (Å²) in [7, 11) is 0. The first-order valence-corrected chi connectivity index (χ1v) is 7.83. The molecule has 0 N–H and O–H groups in total. The fraction of sp³-hybridized carbons (Fsp3) is 0.0952. The summed E-state index contributed by atoms with van der Waals surface area (Å²) in [5.41, 5.74) is 5.13. The van der Waals surface area contributed by atoms with E-state index in [0.29, 0.717) is 0 Å². The van der Waals surface area contributed by atoms with Gasteiger partial charge in [0.05, 0.1) is 5.39 Å². The van der Waals surface area contributed by atoms with Gasteiger partial charge in [-0.25, -0.2) is 0 Å². The van der Waals surface area contributed by atoms with Crippen molar-refractivity contribution in [1.29, 1.82) is 0 Å². The zero-order chi connectivity index (χ0) is 15.6. The van der Waals surface area contributed by atoms with Gasteiger partial charge in [0.2, 0.25) is 0 Å². The van der Waals surface area contributed by atoms with E-state index in [1.807, 2.05) is 6.20 Å². The average molecular weight is 297 g/mol. The van der Waals surface area contributed by atoms with E-state index in [1.54, 1.807) is 0 Å². The predicted octanol–water partition coefficient (Wildman–Crippen LogP) is 5.90. The van der Waals surface area contributed by atoms with Crippen molar-refractivity contribution in [2.45, 2.75) is 13.8 Å². The number of aromatic nitrogens is 1. The van der Waals surface area contributed by atoms with E-state index in [4.69, 9.17) is 9.40 Å². The van der Waals surface area contributed by atoms with E-state index in [1.165, 1.54) is 21.7 Å². The number of pyridine rings is 1. The Kier molecular flexibility index (Phi) is 2.38. The maximum absolute atomic E-state index is 6.32. The molecular weight excluding hydrogens is 282 g/mol. The van der Waals surface area contributed by atoms with Crippen molar-refractivity contribution < 1.29 is 4.42 Å². The molecule has 23 heavy (non-hydrogen) atoms. The van der Waals surface area contributed by atoms with Gasteiger partial charge in [0, 0.05) is 11.6 Å². The first-order valence-electron chi connectivity index (χ1n) is 7.83. The number of aryl methyl sites for hydroxylation is 2. The molecule has 2 aromatic heterocycles. The van der Waals surface area contributed by atoms with Gasteiger partial charge in [0.25, 0.3) is 0 Å². The maximum atomic E-state index is 6.32. The molecule has 0 bridgehead atoms. The molecular formula is C21H15NO. The Morgan fingerprint density at radius 3 is 2.09 bits per heavy atom. The lowest BCUT2D eigenvalue weighted by Gasteiger charge is -2.05. The third kappa shape index (κ3) is 1.55. The van der Waals surface area contributed by atoms with Crippen molar-refractivity contribution >= 4 is 43.6 Å². The second kappa shape index (κ2) is 4.32. The van der Waals surface area contributed by atoms with Gasteiger partial charge in [-0.05, 0) is 41.1 Å². The summed E-state index contributed by atoms with van der Waals surface area (Å²) in [4.78, 5) is 4.69. The Bertz CT molecular complexity index is 1230. The van der Waals surface area contributed by atoms with E-state index >= 15 is 0 Å². The number of hydrogen-bond acceptors (Lipinski definition) is 2. The molecule has 0 fully saturated rings. The molecule has 0 saturated carbocycles. The summed E-state index contributed by atoms with van der Waals surface area (Å²) in [6, 6.07) is 17.0. The smallest absolute Gasteiger partial charge is 0.157 e. The third-order valence-electron chi connectivity index (χ3n) is 4.86. The minimum absolute atomic E-state index is 0.904. The van der Waals surface area contributed by atoms with Crippen LogP contribution in [0.3, 0.4) is 0 Å². The summed E-state index contributed by atoms with van der Waals surface area (Å²) in [6.45, 7) is 4.18. The molecule has 2 heterocycles. The lowest BCUT2D eigenvalue weighted by molar-refractivity contribution is 0.668. The Hall–Kier alpha value is -2.87. The molecule has 0 aliphatic carbocycles. The van der Waals surface area contributed by atoms with Crippen LogP contribution in [0.4, 0.5) is 0 Å². The van der Waals surface area contributed by atoms with Gasteiger partial charge in [-0.3, -0.25) is 4.98 Å². The molecule has 0 atom stereocenters. The maximum Gasteiger partial charge on any atom is 0.157 e. The van der Waals surface area contributed by atoms with E-state index in [9.17, 15) is 0 Å². The molecule has 110 valence electrons. The topological polar surface area (TPSA) is 26.0 Å². The fourth-order valence-electron chi connectivity index (χ4n) is 3.53. The second-order valence-electron chi connectivity index (χ2n) is 6.14. The van der Waals surface area contributed by atoms with Crippen molar-refractivity contribution in [2.75, 3.05) is 0 Å². The van der Waals surface area contributed by atoms with Crippen molar-refractivity contribution in [3.8, 4) is 0 Å². The fourth-order valence-corrected chi connectivity index (χ4v) is 3.53. The Morgan fingerprint density at radius 2 is 1.35 bits per heavy atom. The van der Waals surface area contributed by atoms with Gasteiger partial charge in [-0.1, -0.05) is 48.5 Å². The van der Waals surface area contributed by atoms with Crippen LogP contribution in [0.25, 0.3) is 43.6 Å². The minimum Gasteiger partial charge on any atom is -0.453 e. The van der Waals surface area contributed by atoms with Gasteiger partial charge >= 0.3 is 0 Å². The molecule has 0 aliphatic rings. The number of nitrogens with zero attached hydrogens (tertiary/aromatic N) is 1. The summed E-state index contributed by atoms with van der Waals surface area (Å²) in [5.74, 6) is 0. The number of fused-ring (bicyclic) bond motifs is 8. The van der Waals surface area contributed by atoms with Crippen LogP contribution < -0.4 is 0 Å². The van der Waals surface area contributed by atoms with Gasteiger partial charge in [-0.15, -0.1) is 0 Å². The van der Waals surface area contributed by atoms with Crippen molar-refractivity contribution in [3.63, 3.8) is 0 Å². The molecule has 0 aliphatic heterocycles. The normalized spacial score (nSPS) is 11.9. The molecule has 0 unspecified atom stereocenters. The highest BCUT2D eigenvalue weighted by molar-refractivity contribution is 6.29. The Labute approximate surface area is 133 Å². The Morgan fingerprint density at radius 1 is 0.739 bits per heavy atom. The number of benzene rings is 3. The lowest BCUT2D eigenvalue weighted by Crippen LogP contribution is -1.84. The highest BCUT2D eigenvalue weighted by Gasteiger charge is 2.17. The molecule has 5 rings (SSSR count). The molecule has 3 aromatic carbocycles. The SMILES string of the molecule is Cc1cnc2c(oc3c4ccccc4c4ccccc4c23)c1C. The lowest BCUT2D eigenvalue weighted by atomic mass is 9.98. The highest BCUT2D eigenvalue weighted by Crippen LogP contribution is 2.40. The molecule has 0 amide bonds. The van der Waals surface area contributed by atoms with Crippen LogP contribution in [0.15, 0.2) is 59.1 Å². The minimum atomic E-state index is 0.904. The third-order valence-corrected chi connectivity index (χ3v) is 4.86. The van der Waals surface area contributed by atoms with Crippen molar-refractivity contribution in [3.05, 3.63) is 65.9 Å². The van der Waals surface area contributed by atoms with E-state index < -0.39 is 0 Å². The van der Waals surface area contributed by atoms with Crippen LogP contribution in [-0.4, -0.2) is 4.98 Å². The zero-order valence-electron chi connectivity index (χ0n) is 13.1. The molecule has 5 aromatic rings. The van der Waals surface area contributed by atoms with Crippen LogP contribution >= 0.6 is 0 Å². The first kappa shape index (κ1) is 12.7. The summed E-state index contributed by atoms with van der Waals surface area (Å²) >= 11 is 0. The molecule has 0 saturated heterocycles. The van der Waals surface area contributed by atoms with Crippen LogP contribution in [0.5, 0.6) is 0 Å². The molecule has 2 heteroatoms. The van der Waals surface area contributed by atoms with Gasteiger partial charge in [0.1, 0.15) is 11.1 Å². The molecule has 0 spiro atoms. The van der Waals surface area contributed by atoms with Gasteiger partial charge < -0.3 is 4.42 Å². The average Bonchev–Trinajstić information content (AvgIpc) is 2.99. The van der Waals surface area contributed by atoms with Gasteiger partial charge in [0.15, 0.2) is 5.58 Å². The number of rotatable bonds is 0. The standard InChI is InChI=1S/C21H15NO/c1-12-11-22-19-18-16-9-5-3-7-14(16)15-8-4-6-10-17(15)21(18)23-20(19)13(12)2/h3-11H,1-2H3. The monoisotopic (exact) mass is 297 g/mol. The van der Waals surface area contributed by atoms with Crippen LogP contribution in [0, 0.1) is 13.8 Å². The molecule has 2 nitrogen and oxygen atoms in total. The molecule has 0 radical (unpaired) electrons. The largest absolute Gasteiger partial charge is 0.453 e. The van der Waals surface area contributed by atoms with Crippen LogP contribution in [0.1, 0.15) is 11.1 Å². The van der Waals surface area contributed by atoms with Crippen LogP contribution in [0.2, 0.25) is 0 Å².